The molecule has 10 aromatic rings. The third-order valence-corrected chi connectivity index (χ3v) is 16.8. The van der Waals surface area contributed by atoms with Crippen LogP contribution in [-0.2, 0) is 5.41 Å². The molecule has 296 valence electrons. The van der Waals surface area contributed by atoms with Crippen molar-refractivity contribution in [3.05, 3.63) is 187 Å². The van der Waals surface area contributed by atoms with E-state index in [9.17, 15) is 0 Å². The summed E-state index contributed by atoms with van der Waals surface area (Å²) in [7, 11) is 0. The van der Waals surface area contributed by atoms with Gasteiger partial charge in [0.25, 0.3) is 0 Å². The van der Waals surface area contributed by atoms with E-state index in [1.54, 1.807) is 11.1 Å². The fourth-order valence-corrected chi connectivity index (χ4v) is 14.6. The van der Waals surface area contributed by atoms with E-state index in [2.05, 4.69) is 169 Å². The number of anilines is 3. The fraction of sp³-hybridized carbons (Fsp3) is 0.186. The molecule has 6 atom stereocenters. The molecular formula is C59H43NO2. The van der Waals surface area contributed by atoms with Gasteiger partial charge in [-0.25, -0.2) is 0 Å². The van der Waals surface area contributed by atoms with Crippen molar-refractivity contribution in [2.45, 2.75) is 37.5 Å². The van der Waals surface area contributed by atoms with Crippen molar-refractivity contribution in [3.63, 3.8) is 0 Å². The largest absolute Gasteiger partial charge is 0.455 e. The second-order valence-electron chi connectivity index (χ2n) is 19.3. The minimum absolute atomic E-state index is 0.152. The number of furan rings is 2. The summed E-state index contributed by atoms with van der Waals surface area (Å²) in [5, 5.41) is 4.60. The van der Waals surface area contributed by atoms with Crippen LogP contribution in [0.3, 0.4) is 0 Å². The maximum atomic E-state index is 6.49. The number of rotatable bonds is 5. The molecule has 2 heterocycles. The lowest BCUT2D eigenvalue weighted by Gasteiger charge is -2.54. The quantitative estimate of drug-likeness (QED) is 0.174. The summed E-state index contributed by atoms with van der Waals surface area (Å²) in [4.78, 5) is 2.46. The van der Waals surface area contributed by atoms with Gasteiger partial charge in [-0.1, -0.05) is 127 Å². The summed E-state index contributed by atoms with van der Waals surface area (Å²) < 4.78 is 13.0. The average Bonchev–Trinajstić information content (AvgIpc) is 4.06. The number of benzene rings is 8. The number of nitrogens with zero attached hydrogens (tertiary/aromatic N) is 1. The fourth-order valence-electron chi connectivity index (χ4n) is 14.6. The second-order valence-corrected chi connectivity index (χ2v) is 19.3. The Kier molecular flexibility index (Phi) is 6.52. The molecule has 5 aliphatic carbocycles. The summed E-state index contributed by atoms with van der Waals surface area (Å²) in [6.07, 6.45) is 7.22. The summed E-state index contributed by atoms with van der Waals surface area (Å²) in [5.41, 5.74) is 18.4. The normalized spacial score (nSPS) is 24.9. The molecule has 5 aliphatic rings. The molecule has 3 nitrogen and oxygen atoms in total. The van der Waals surface area contributed by atoms with Crippen LogP contribution in [0.15, 0.2) is 185 Å². The number of fused-ring (bicyclic) bond motifs is 15. The molecule has 0 saturated heterocycles. The lowest BCUT2D eigenvalue weighted by Crippen LogP contribution is -2.50. The van der Waals surface area contributed by atoms with Gasteiger partial charge in [-0.3, -0.25) is 0 Å². The minimum atomic E-state index is 0.152. The molecule has 4 saturated carbocycles. The Labute approximate surface area is 360 Å². The highest BCUT2D eigenvalue weighted by molar-refractivity contribution is 6.10. The lowest BCUT2D eigenvalue weighted by molar-refractivity contribution is -0.0193. The van der Waals surface area contributed by atoms with Crippen molar-refractivity contribution in [1.82, 2.24) is 0 Å². The summed E-state index contributed by atoms with van der Waals surface area (Å²) in [6.45, 7) is 0. The SMILES string of the molecule is c1ccc2c(c1)-c1cc(N(c3ccc(-c4cccc5c4oc4ccccc45)cc3)c3ccc(-c4cccc5c4oc4ccccc45)cc3)ccc1C21C2CC3CC4CC1C4(C3)C2. The Bertz CT molecular complexity index is 3340. The molecule has 15 rings (SSSR count). The van der Waals surface area contributed by atoms with Crippen LogP contribution >= 0.6 is 0 Å². The Morgan fingerprint density at radius 2 is 0.952 bits per heavy atom. The highest BCUT2D eigenvalue weighted by Crippen LogP contribution is 2.83. The zero-order valence-electron chi connectivity index (χ0n) is 34.4. The third kappa shape index (κ3) is 4.22. The van der Waals surface area contributed by atoms with Crippen molar-refractivity contribution in [1.29, 1.82) is 0 Å². The highest BCUT2D eigenvalue weighted by Gasteiger charge is 2.76. The Hall–Kier alpha value is -6.84. The summed E-state index contributed by atoms with van der Waals surface area (Å²) in [5.74, 6) is 3.40. The Morgan fingerprint density at radius 3 is 1.61 bits per heavy atom. The summed E-state index contributed by atoms with van der Waals surface area (Å²) in [6, 6.07) is 64.9. The van der Waals surface area contributed by atoms with E-state index in [1.165, 1.54) is 48.9 Å². The molecule has 8 aromatic carbocycles. The molecule has 2 spiro atoms. The van der Waals surface area contributed by atoms with Crippen molar-refractivity contribution in [2.75, 3.05) is 4.90 Å². The number of hydrogen-bond donors (Lipinski definition) is 0. The van der Waals surface area contributed by atoms with Crippen LogP contribution < -0.4 is 4.90 Å². The zero-order valence-corrected chi connectivity index (χ0v) is 34.4. The van der Waals surface area contributed by atoms with Crippen LogP contribution in [-0.4, -0.2) is 0 Å². The number of hydrogen-bond acceptors (Lipinski definition) is 3. The summed E-state index contributed by atoms with van der Waals surface area (Å²) >= 11 is 0. The van der Waals surface area contributed by atoms with Gasteiger partial charge in [-0.05, 0) is 143 Å². The zero-order chi connectivity index (χ0) is 40.3. The van der Waals surface area contributed by atoms with Crippen molar-refractivity contribution < 1.29 is 8.83 Å². The first-order valence-electron chi connectivity index (χ1n) is 22.7. The molecule has 4 fully saturated rings. The highest BCUT2D eigenvalue weighted by atomic mass is 16.3. The van der Waals surface area contributed by atoms with Gasteiger partial charge >= 0.3 is 0 Å². The second kappa shape index (κ2) is 12.0. The lowest BCUT2D eigenvalue weighted by atomic mass is 9.49. The minimum Gasteiger partial charge on any atom is -0.455 e. The molecule has 62 heavy (non-hydrogen) atoms. The van der Waals surface area contributed by atoms with Crippen LogP contribution in [0.4, 0.5) is 17.1 Å². The monoisotopic (exact) mass is 797 g/mol. The Balaban J connectivity index is 0.880. The van der Waals surface area contributed by atoms with Crippen molar-refractivity contribution in [3.8, 4) is 33.4 Å². The van der Waals surface area contributed by atoms with E-state index >= 15 is 0 Å². The van der Waals surface area contributed by atoms with Gasteiger partial charge in [0.05, 0.1) is 0 Å². The van der Waals surface area contributed by atoms with E-state index < -0.39 is 0 Å². The molecule has 6 unspecified atom stereocenters. The maximum Gasteiger partial charge on any atom is 0.143 e. The van der Waals surface area contributed by atoms with Gasteiger partial charge in [0.15, 0.2) is 0 Å². The molecular weight excluding hydrogens is 755 g/mol. The van der Waals surface area contributed by atoms with Gasteiger partial charge in [0, 0.05) is 55.1 Å². The topological polar surface area (TPSA) is 29.5 Å². The molecule has 3 heteroatoms. The smallest absolute Gasteiger partial charge is 0.143 e. The molecule has 0 amide bonds. The van der Waals surface area contributed by atoms with E-state index in [4.69, 9.17) is 8.83 Å². The maximum absolute atomic E-state index is 6.49. The molecule has 0 N–H and O–H groups in total. The van der Waals surface area contributed by atoms with Crippen LogP contribution in [0.25, 0.3) is 77.3 Å². The number of para-hydroxylation sites is 4. The van der Waals surface area contributed by atoms with E-state index in [1.807, 2.05) is 12.1 Å². The molecule has 3 bridgehead atoms. The first kappa shape index (κ1) is 33.8. The van der Waals surface area contributed by atoms with Gasteiger partial charge in [-0.15, -0.1) is 0 Å². The van der Waals surface area contributed by atoms with Crippen LogP contribution in [0.1, 0.15) is 43.2 Å². The van der Waals surface area contributed by atoms with E-state index in [-0.39, 0.29) is 5.41 Å². The molecule has 0 radical (unpaired) electrons. The standard InChI is InChI=1S/C59H43NO2/c1-4-16-51-45(9-1)50-32-42(27-28-52(50)59(51)39-30-35-29-38-31-55(59)58(38,33-35)34-39)60(40-23-19-36(20-24-40)43-12-7-14-48-46-10-2-5-17-53(46)61-56(43)48)41-25-21-37(22-26-41)44-13-8-15-49-47-11-3-6-18-54(47)62-57(44)49/h1-28,32,35,38-39,55H,29-31,33-34H2. The van der Waals surface area contributed by atoms with Crippen LogP contribution in [0.5, 0.6) is 0 Å². The van der Waals surface area contributed by atoms with Gasteiger partial charge < -0.3 is 13.7 Å². The van der Waals surface area contributed by atoms with Crippen LogP contribution in [0, 0.1) is 29.1 Å². The third-order valence-electron chi connectivity index (χ3n) is 16.8. The predicted molar refractivity (Wildman–Crippen MR) is 252 cm³/mol. The van der Waals surface area contributed by atoms with Gasteiger partial charge in [0.2, 0.25) is 0 Å². The first-order chi connectivity index (χ1) is 30.7. The van der Waals surface area contributed by atoms with Gasteiger partial charge in [-0.2, -0.15) is 0 Å². The first-order valence-corrected chi connectivity index (χ1v) is 22.7. The van der Waals surface area contributed by atoms with Gasteiger partial charge in [0.1, 0.15) is 22.3 Å². The van der Waals surface area contributed by atoms with E-state index in [0.29, 0.717) is 5.41 Å². The van der Waals surface area contributed by atoms with Crippen LogP contribution in [0.2, 0.25) is 0 Å². The van der Waals surface area contributed by atoms with Crippen molar-refractivity contribution in [2.24, 2.45) is 29.1 Å². The Morgan fingerprint density at radius 1 is 0.419 bits per heavy atom. The molecule has 2 aromatic heterocycles. The molecule has 0 aliphatic heterocycles. The van der Waals surface area contributed by atoms with Crippen molar-refractivity contribution >= 4 is 60.9 Å². The predicted octanol–water partition coefficient (Wildman–Crippen LogP) is 16.0. The van der Waals surface area contributed by atoms with E-state index in [0.717, 1.165) is 101 Å². The average molecular weight is 798 g/mol.